The lowest BCUT2D eigenvalue weighted by atomic mass is 9.95. The second-order valence-electron chi connectivity index (χ2n) is 10.6. The van der Waals surface area contributed by atoms with Gasteiger partial charge in [-0.1, -0.05) is 12.1 Å². The minimum Gasteiger partial charge on any atom is -0.508 e. The molecule has 0 aromatic heterocycles. The first-order valence-electron chi connectivity index (χ1n) is 14.2. The van der Waals surface area contributed by atoms with Crippen molar-refractivity contribution in [2.45, 2.75) is 43.8 Å². The van der Waals surface area contributed by atoms with E-state index in [-0.39, 0.29) is 30.8 Å². The summed E-state index contributed by atoms with van der Waals surface area (Å²) in [6, 6.07) is 7.00. The molecule has 4 rings (SSSR count). The molecule has 12 nitrogen and oxygen atoms in total. The molecule has 1 fully saturated rings. The van der Waals surface area contributed by atoms with E-state index in [2.05, 4.69) is 26.2 Å². The van der Waals surface area contributed by atoms with Crippen LogP contribution in [0.4, 0.5) is 0 Å². The van der Waals surface area contributed by atoms with Crippen molar-refractivity contribution in [3.8, 4) is 22.6 Å². The number of nitrogens with zero attached hydrogens (tertiary/aromatic N) is 1. The van der Waals surface area contributed by atoms with Crippen molar-refractivity contribution in [1.82, 2.24) is 26.2 Å². The van der Waals surface area contributed by atoms with Gasteiger partial charge in [0.15, 0.2) is 0 Å². The van der Waals surface area contributed by atoms with Crippen molar-refractivity contribution in [1.29, 1.82) is 0 Å². The minimum absolute atomic E-state index is 0.00436. The van der Waals surface area contributed by atoms with Gasteiger partial charge < -0.3 is 42.9 Å². The number of piperazine rings is 1. The number of aromatic hydroxyl groups is 2. The maximum Gasteiger partial charge on any atom is 0.243 e. The number of amides is 3. The highest BCUT2D eigenvalue weighted by atomic mass is 16.3. The summed E-state index contributed by atoms with van der Waals surface area (Å²) in [6.07, 6.45) is 0.771. The highest BCUT2D eigenvalue weighted by molar-refractivity contribution is 5.93. The van der Waals surface area contributed by atoms with Crippen LogP contribution in [0.1, 0.15) is 24.0 Å². The van der Waals surface area contributed by atoms with Crippen LogP contribution >= 0.6 is 0 Å². The molecule has 0 aliphatic carbocycles. The number of phenolic OH excluding ortho intramolecular Hbond substituents is 2. The largest absolute Gasteiger partial charge is 0.508 e. The molecule has 41 heavy (non-hydrogen) atoms. The van der Waals surface area contributed by atoms with E-state index in [9.17, 15) is 24.6 Å². The molecule has 222 valence electrons. The lowest BCUT2D eigenvalue weighted by Gasteiger charge is -2.28. The van der Waals surface area contributed by atoms with Crippen LogP contribution in [0.15, 0.2) is 36.4 Å². The molecule has 3 atom stereocenters. The highest BCUT2D eigenvalue weighted by Gasteiger charge is 2.29. The zero-order valence-electron chi connectivity index (χ0n) is 23.2. The van der Waals surface area contributed by atoms with E-state index in [4.69, 9.17) is 11.5 Å². The Balaban J connectivity index is 1.65. The number of nitrogens with two attached hydrogens (primary N) is 2. The monoisotopic (exact) mass is 567 g/mol. The van der Waals surface area contributed by atoms with Crippen LogP contribution in [-0.2, 0) is 27.2 Å². The molecule has 2 aromatic carbocycles. The van der Waals surface area contributed by atoms with Crippen LogP contribution < -0.4 is 32.7 Å². The van der Waals surface area contributed by atoms with Gasteiger partial charge in [-0.2, -0.15) is 0 Å². The van der Waals surface area contributed by atoms with E-state index in [1.54, 1.807) is 24.3 Å². The van der Waals surface area contributed by atoms with Gasteiger partial charge in [-0.15, -0.1) is 0 Å². The average Bonchev–Trinajstić information content (AvgIpc) is 2.97. The van der Waals surface area contributed by atoms with E-state index in [1.807, 2.05) is 0 Å². The van der Waals surface area contributed by atoms with Crippen molar-refractivity contribution in [3.63, 3.8) is 0 Å². The molecule has 2 aliphatic heterocycles. The molecular formula is C29H41N7O5. The van der Waals surface area contributed by atoms with Crippen molar-refractivity contribution in [2.75, 3.05) is 45.8 Å². The quantitative estimate of drug-likeness (QED) is 0.205. The smallest absolute Gasteiger partial charge is 0.243 e. The number of hydrogen-bond acceptors (Lipinski definition) is 9. The van der Waals surface area contributed by atoms with Gasteiger partial charge in [0.2, 0.25) is 17.7 Å². The Labute approximate surface area is 239 Å². The number of benzene rings is 2. The molecule has 2 heterocycles. The fourth-order valence-electron chi connectivity index (χ4n) is 5.15. The van der Waals surface area contributed by atoms with Gasteiger partial charge in [0.05, 0.1) is 6.04 Å². The number of rotatable bonds is 7. The second-order valence-corrected chi connectivity index (χ2v) is 10.6. The van der Waals surface area contributed by atoms with E-state index in [0.717, 1.165) is 37.3 Å². The van der Waals surface area contributed by atoms with E-state index in [0.29, 0.717) is 37.2 Å². The van der Waals surface area contributed by atoms with Crippen molar-refractivity contribution < 1.29 is 24.6 Å². The number of carbonyl (C=O) groups excluding carboxylic acids is 3. The summed E-state index contributed by atoms with van der Waals surface area (Å²) in [6.45, 7) is 4.94. The zero-order valence-corrected chi connectivity index (χ0v) is 23.2. The van der Waals surface area contributed by atoms with Crippen LogP contribution in [0.3, 0.4) is 0 Å². The molecule has 0 spiro atoms. The Morgan fingerprint density at radius 1 is 0.951 bits per heavy atom. The number of fused-ring (bicyclic) bond motifs is 5. The first kappa shape index (κ1) is 30.3. The van der Waals surface area contributed by atoms with Gasteiger partial charge in [-0.05, 0) is 65.9 Å². The third-order valence-corrected chi connectivity index (χ3v) is 7.59. The first-order chi connectivity index (χ1) is 19.7. The summed E-state index contributed by atoms with van der Waals surface area (Å²) in [7, 11) is 0. The Morgan fingerprint density at radius 3 is 2.22 bits per heavy atom. The summed E-state index contributed by atoms with van der Waals surface area (Å²) in [5.41, 5.74) is 14.3. The molecule has 10 N–H and O–H groups in total. The SMILES string of the molecule is NCCC[C@@H]1NC(=O)[C@H](N)Cc2cc(ccc2O)-c2ccc(O)c(c2)C[C@@H](C(=O)NCCN2CCNCC2)NC1=O. The molecule has 3 amide bonds. The van der Waals surface area contributed by atoms with Gasteiger partial charge in [-0.25, -0.2) is 0 Å². The normalized spacial score (nSPS) is 22.1. The van der Waals surface area contributed by atoms with Gasteiger partial charge in [0.1, 0.15) is 23.6 Å². The van der Waals surface area contributed by atoms with Crippen molar-refractivity contribution in [2.24, 2.45) is 11.5 Å². The lowest BCUT2D eigenvalue weighted by Crippen LogP contribution is -2.57. The Kier molecular flexibility index (Phi) is 10.5. The summed E-state index contributed by atoms with van der Waals surface area (Å²) in [4.78, 5) is 42.1. The van der Waals surface area contributed by atoms with Gasteiger partial charge in [0, 0.05) is 52.1 Å². The first-order valence-corrected chi connectivity index (χ1v) is 14.2. The fraction of sp³-hybridized carbons (Fsp3) is 0.483. The highest BCUT2D eigenvalue weighted by Crippen LogP contribution is 2.30. The Hall–Kier alpha value is -3.71. The second kappa shape index (κ2) is 14.3. The molecule has 0 radical (unpaired) electrons. The minimum atomic E-state index is -1.03. The predicted octanol–water partition coefficient (Wildman–Crippen LogP) is -1.08. The molecule has 2 aromatic rings. The third kappa shape index (κ3) is 8.17. The zero-order chi connectivity index (χ0) is 29.4. The maximum atomic E-state index is 13.5. The molecule has 4 bridgehead atoms. The number of hydrogen-bond donors (Lipinski definition) is 8. The van der Waals surface area contributed by atoms with E-state index in [1.165, 1.54) is 12.1 Å². The molecule has 12 heteroatoms. The van der Waals surface area contributed by atoms with Gasteiger partial charge in [-0.3, -0.25) is 19.3 Å². The van der Waals surface area contributed by atoms with Crippen LogP contribution in [0.5, 0.6) is 11.5 Å². The van der Waals surface area contributed by atoms with E-state index < -0.39 is 35.8 Å². The average molecular weight is 568 g/mol. The number of carbonyl (C=O) groups is 3. The standard InChI is InChI=1S/C29H41N7O5/c30-7-1-2-23-29(41)35-24(28(40)33-10-13-36-11-8-32-9-12-36)17-21-15-19(4-6-26(21)38)18-3-5-25(37)20(14-18)16-22(31)27(39)34-23/h3-6,14-15,22-24,32,37-38H,1-2,7-13,16-17,30-31H2,(H,33,40)(H,34,39)(H,35,41)/t22-,23+,24+/m1/s1. The topological polar surface area (TPSA) is 195 Å². The molecule has 1 saturated heterocycles. The van der Waals surface area contributed by atoms with Crippen LogP contribution in [0.2, 0.25) is 0 Å². The maximum absolute atomic E-state index is 13.5. The molecule has 0 saturated carbocycles. The molecular weight excluding hydrogens is 526 g/mol. The lowest BCUT2D eigenvalue weighted by molar-refractivity contribution is -0.132. The van der Waals surface area contributed by atoms with Crippen molar-refractivity contribution >= 4 is 17.7 Å². The predicted molar refractivity (Wildman–Crippen MR) is 155 cm³/mol. The number of nitrogens with one attached hydrogen (secondary N) is 4. The molecule has 2 aliphatic rings. The fourth-order valence-corrected chi connectivity index (χ4v) is 5.15. The van der Waals surface area contributed by atoms with Crippen LogP contribution in [0, 0.1) is 0 Å². The number of phenols is 2. The van der Waals surface area contributed by atoms with Gasteiger partial charge >= 0.3 is 0 Å². The van der Waals surface area contributed by atoms with Gasteiger partial charge in [0.25, 0.3) is 0 Å². The van der Waals surface area contributed by atoms with Crippen LogP contribution in [0.25, 0.3) is 11.1 Å². The van der Waals surface area contributed by atoms with E-state index >= 15 is 0 Å². The Bertz CT molecular complexity index is 1230. The van der Waals surface area contributed by atoms with Crippen LogP contribution in [-0.4, -0.2) is 96.8 Å². The summed E-state index contributed by atoms with van der Waals surface area (Å²) < 4.78 is 0. The Morgan fingerprint density at radius 2 is 1.59 bits per heavy atom. The summed E-state index contributed by atoms with van der Waals surface area (Å²) >= 11 is 0. The van der Waals surface area contributed by atoms with Crippen molar-refractivity contribution in [3.05, 3.63) is 47.5 Å². The summed E-state index contributed by atoms with van der Waals surface area (Å²) in [5, 5.41) is 32.9. The summed E-state index contributed by atoms with van der Waals surface area (Å²) in [5.74, 6) is -1.52. The molecule has 0 unspecified atom stereocenters. The third-order valence-electron chi connectivity index (χ3n) is 7.59.